The number of esters is 3. The summed E-state index contributed by atoms with van der Waals surface area (Å²) in [4.78, 5) is 48.5. The largest absolute Gasteiger partial charge is 0.472 e. The van der Waals surface area contributed by atoms with Crippen molar-refractivity contribution in [1.82, 2.24) is 0 Å². The van der Waals surface area contributed by atoms with Gasteiger partial charge in [-0.25, -0.2) is 4.57 Å². The summed E-state index contributed by atoms with van der Waals surface area (Å²) in [6, 6.07) is 0. The van der Waals surface area contributed by atoms with Crippen molar-refractivity contribution in [3.8, 4) is 0 Å². The van der Waals surface area contributed by atoms with Gasteiger partial charge in [-0.05, 0) is 57.8 Å². The fourth-order valence-corrected chi connectivity index (χ4v) is 8.93. The quantitative estimate of drug-likeness (QED) is 0.0197. The Hall–Kier alpha value is -3.08. The van der Waals surface area contributed by atoms with Crippen LogP contribution in [0.4, 0.5) is 0 Å². The number of phosphoric acid groups is 1. The normalized spacial score (nSPS) is 13.9. The highest BCUT2D eigenvalue weighted by molar-refractivity contribution is 7.47. The fraction of sp³-hybridized carbons (Fsp3) is 0.758. The predicted molar refractivity (Wildman–Crippen MR) is 307 cm³/mol. The molecule has 74 heavy (non-hydrogen) atoms. The van der Waals surface area contributed by atoms with Gasteiger partial charge in [0.2, 0.25) is 0 Å². The van der Waals surface area contributed by atoms with Crippen LogP contribution >= 0.6 is 7.82 Å². The highest BCUT2D eigenvalue weighted by atomic mass is 31.2. The maximum absolute atomic E-state index is 12.9. The number of carbonyl (C=O) groups excluding carboxylic acids is 3. The van der Waals surface area contributed by atoms with Crippen molar-refractivity contribution in [2.45, 2.75) is 277 Å². The molecule has 0 saturated heterocycles. The smallest absolute Gasteiger partial charge is 0.462 e. The molecule has 3 atom stereocenters. The Morgan fingerprint density at radius 2 is 0.703 bits per heavy atom. The van der Waals surface area contributed by atoms with Crippen LogP contribution in [0.2, 0.25) is 0 Å². The molecule has 0 amide bonds. The van der Waals surface area contributed by atoms with Crippen LogP contribution in [0.25, 0.3) is 0 Å². The summed E-state index contributed by atoms with van der Waals surface area (Å²) in [5.41, 5.74) is 0. The molecule has 0 saturated carbocycles. The summed E-state index contributed by atoms with van der Waals surface area (Å²) in [6.45, 7) is 4.48. The Morgan fingerprint density at radius 1 is 0.392 bits per heavy atom. The first-order valence-corrected chi connectivity index (χ1v) is 31.3. The van der Waals surface area contributed by atoms with E-state index >= 15 is 0 Å². The number of ether oxygens (including phenoxy) is 3. The first kappa shape index (κ1) is 70.9. The minimum absolute atomic E-state index is 0.102. The van der Waals surface area contributed by atoms with E-state index in [0.29, 0.717) is 19.3 Å². The van der Waals surface area contributed by atoms with Gasteiger partial charge in [0.1, 0.15) is 12.7 Å². The highest BCUT2D eigenvalue weighted by Crippen LogP contribution is 2.43. The van der Waals surface area contributed by atoms with E-state index < -0.39 is 57.8 Å². The average Bonchev–Trinajstić information content (AvgIpc) is 3.39. The van der Waals surface area contributed by atoms with Crippen LogP contribution in [0, 0.1) is 0 Å². The SMILES string of the molecule is CC/C=C\C/C=C\C/C=C\C/C=C\C/C=C\C/C=C\CCC(=O)OCC(COP(=O)(O)OCC(CO)OC(=O)CCCCCCCCCCCCCCC)OC(=O)CCCCCCCCCCCCCCCCC. The van der Waals surface area contributed by atoms with Crippen molar-refractivity contribution in [3.05, 3.63) is 72.9 Å². The van der Waals surface area contributed by atoms with Crippen LogP contribution in [0.3, 0.4) is 0 Å². The minimum Gasteiger partial charge on any atom is -0.462 e. The number of aliphatic hydroxyl groups excluding tert-OH is 1. The number of carbonyl (C=O) groups is 3. The molecule has 0 spiro atoms. The third kappa shape index (κ3) is 53.7. The van der Waals surface area contributed by atoms with Gasteiger partial charge >= 0.3 is 25.7 Å². The monoisotopic (exact) mass is 1060 g/mol. The lowest BCUT2D eigenvalue weighted by Gasteiger charge is -2.21. The van der Waals surface area contributed by atoms with E-state index in [1.807, 2.05) is 12.2 Å². The predicted octanol–water partition coefficient (Wildman–Crippen LogP) is 17.7. The van der Waals surface area contributed by atoms with Crippen LogP contribution in [0.5, 0.6) is 0 Å². The Bertz CT molecular complexity index is 1520. The number of hydrogen-bond acceptors (Lipinski definition) is 10. The van der Waals surface area contributed by atoms with Gasteiger partial charge in [0.25, 0.3) is 0 Å². The minimum atomic E-state index is -4.76. The Morgan fingerprint density at radius 3 is 1.05 bits per heavy atom. The van der Waals surface area contributed by atoms with Gasteiger partial charge in [0, 0.05) is 19.3 Å². The molecule has 0 aromatic heterocycles. The van der Waals surface area contributed by atoms with E-state index in [1.165, 1.54) is 128 Å². The van der Waals surface area contributed by atoms with E-state index in [-0.39, 0.29) is 25.9 Å². The molecule has 0 rings (SSSR count). The zero-order valence-electron chi connectivity index (χ0n) is 47.3. The molecule has 2 N–H and O–H groups in total. The molecule has 12 heteroatoms. The molecule has 0 aliphatic rings. The van der Waals surface area contributed by atoms with Crippen molar-refractivity contribution >= 4 is 25.7 Å². The molecule has 0 fully saturated rings. The zero-order valence-corrected chi connectivity index (χ0v) is 48.2. The van der Waals surface area contributed by atoms with Crippen LogP contribution in [0.15, 0.2) is 72.9 Å². The lowest BCUT2D eigenvalue weighted by Crippen LogP contribution is -2.30. The maximum atomic E-state index is 12.9. The van der Waals surface area contributed by atoms with Crippen molar-refractivity contribution in [3.63, 3.8) is 0 Å². The average molecular weight is 1060 g/mol. The van der Waals surface area contributed by atoms with Crippen molar-refractivity contribution in [2.75, 3.05) is 26.4 Å². The van der Waals surface area contributed by atoms with E-state index in [0.717, 1.165) is 77.0 Å². The molecule has 0 aliphatic carbocycles. The third-order valence-corrected chi connectivity index (χ3v) is 13.6. The Balaban J connectivity index is 4.80. The second kappa shape index (κ2) is 56.1. The highest BCUT2D eigenvalue weighted by Gasteiger charge is 2.28. The number of phosphoric ester groups is 1. The molecule has 0 aliphatic heterocycles. The number of rotatable bonds is 55. The molecule has 11 nitrogen and oxygen atoms in total. The first-order valence-electron chi connectivity index (χ1n) is 29.8. The lowest BCUT2D eigenvalue weighted by atomic mass is 10.0. The van der Waals surface area contributed by atoms with Crippen LogP contribution < -0.4 is 0 Å². The lowest BCUT2D eigenvalue weighted by molar-refractivity contribution is -0.161. The Kier molecular flexibility index (Phi) is 53.8. The molecular formula is C62H109O11P. The molecule has 428 valence electrons. The van der Waals surface area contributed by atoms with Crippen LogP contribution in [-0.2, 0) is 42.2 Å². The van der Waals surface area contributed by atoms with Crippen molar-refractivity contribution in [2.24, 2.45) is 0 Å². The van der Waals surface area contributed by atoms with Crippen molar-refractivity contribution < 1.29 is 52.2 Å². The summed E-state index contributed by atoms with van der Waals surface area (Å²) in [5, 5.41) is 9.81. The van der Waals surface area contributed by atoms with Gasteiger partial charge in [0.15, 0.2) is 6.10 Å². The Labute approximate surface area is 452 Å². The summed E-state index contributed by atoms with van der Waals surface area (Å²) in [6.07, 6.45) is 63.0. The van der Waals surface area contributed by atoms with E-state index in [4.69, 9.17) is 23.3 Å². The molecule has 0 aromatic rings. The van der Waals surface area contributed by atoms with Gasteiger partial charge in [0.05, 0.1) is 19.8 Å². The van der Waals surface area contributed by atoms with Crippen molar-refractivity contribution in [1.29, 1.82) is 0 Å². The summed E-state index contributed by atoms with van der Waals surface area (Å²) in [5.74, 6) is -1.55. The molecule has 0 aromatic carbocycles. The number of aliphatic hydroxyl groups is 1. The summed E-state index contributed by atoms with van der Waals surface area (Å²) in [7, 11) is -4.76. The molecule has 0 radical (unpaired) electrons. The molecule has 0 heterocycles. The van der Waals surface area contributed by atoms with Gasteiger partial charge < -0.3 is 24.2 Å². The standard InChI is InChI=1S/C62H109O11P/c1-4-7-10-13-16-19-22-25-27-28-29-30-32-34-36-39-42-45-48-51-60(64)69-55-59(73-62(66)53-50-47-44-41-38-35-31-26-23-20-17-14-11-8-5-2)57-71-74(67,68)70-56-58(54-63)72-61(65)52-49-46-43-40-37-33-24-21-18-15-12-9-6-3/h7,10,16,19,25,27,29-30,34,36,42,45,58-59,63H,4-6,8-9,11-15,17-18,20-24,26,28,31-33,35,37-41,43-44,46-57H2,1-3H3,(H,67,68)/b10-7-,19-16-,27-25-,30-29-,36-34-,45-42-. The second-order valence-corrected chi connectivity index (χ2v) is 21.2. The number of allylic oxidation sites excluding steroid dienone is 12. The topological polar surface area (TPSA) is 155 Å². The van der Waals surface area contributed by atoms with Gasteiger partial charge in [-0.2, -0.15) is 0 Å². The van der Waals surface area contributed by atoms with E-state index in [2.05, 4.69) is 81.5 Å². The van der Waals surface area contributed by atoms with Gasteiger partial charge in [-0.3, -0.25) is 23.4 Å². The first-order chi connectivity index (χ1) is 36.2. The van der Waals surface area contributed by atoms with Crippen LogP contribution in [0.1, 0.15) is 265 Å². The summed E-state index contributed by atoms with van der Waals surface area (Å²) < 4.78 is 39.5. The fourth-order valence-electron chi connectivity index (χ4n) is 8.15. The number of unbranched alkanes of at least 4 members (excludes halogenated alkanes) is 26. The third-order valence-electron chi connectivity index (χ3n) is 12.7. The second-order valence-electron chi connectivity index (χ2n) is 19.8. The molecular weight excluding hydrogens is 952 g/mol. The van der Waals surface area contributed by atoms with E-state index in [1.54, 1.807) is 0 Å². The van der Waals surface area contributed by atoms with E-state index in [9.17, 15) is 28.9 Å². The maximum Gasteiger partial charge on any atom is 0.472 e. The summed E-state index contributed by atoms with van der Waals surface area (Å²) >= 11 is 0. The van der Waals surface area contributed by atoms with Gasteiger partial charge in [-0.1, -0.05) is 261 Å². The van der Waals surface area contributed by atoms with Gasteiger partial charge in [-0.15, -0.1) is 0 Å². The molecule has 0 bridgehead atoms. The molecule has 3 unspecified atom stereocenters. The zero-order chi connectivity index (χ0) is 54.1. The number of hydrogen-bond donors (Lipinski definition) is 2. The van der Waals surface area contributed by atoms with Crippen LogP contribution in [-0.4, -0.2) is 66.5 Å².